The lowest BCUT2D eigenvalue weighted by atomic mass is 10.0. The standard InChI is InChI=1S/C15H22N2O3.ClH/c1-10(2)7-12(9-16)17-15(18)11-3-4-13-14(8-11)20-6-5-19-13;/h3-4,8,10,12H,5-7,9,16H2,1-2H3,(H,17,18);1H. The largest absolute Gasteiger partial charge is 0.486 e. The van der Waals surface area contributed by atoms with Crippen LogP contribution in [0.1, 0.15) is 30.6 Å². The van der Waals surface area contributed by atoms with Gasteiger partial charge in [0.1, 0.15) is 13.2 Å². The predicted molar refractivity (Wildman–Crippen MR) is 84.4 cm³/mol. The Kier molecular flexibility index (Phi) is 6.78. The summed E-state index contributed by atoms with van der Waals surface area (Å²) in [6.45, 7) is 5.71. The van der Waals surface area contributed by atoms with Crippen LogP contribution in [0.15, 0.2) is 18.2 Å². The predicted octanol–water partition coefficient (Wildman–Crippen LogP) is 1.98. The van der Waals surface area contributed by atoms with Crippen molar-refractivity contribution in [3.05, 3.63) is 23.8 Å². The fourth-order valence-electron chi connectivity index (χ4n) is 2.24. The van der Waals surface area contributed by atoms with Gasteiger partial charge in [-0.3, -0.25) is 4.79 Å². The fraction of sp³-hybridized carbons (Fsp3) is 0.533. The van der Waals surface area contributed by atoms with Crippen molar-refractivity contribution < 1.29 is 14.3 Å². The number of fused-ring (bicyclic) bond motifs is 1. The second-order valence-corrected chi connectivity index (χ2v) is 5.39. The average molecular weight is 315 g/mol. The molecular formula is C15H23ClN2O3. The summed E-state index contributed by atoms with van der Waals surface area (Å²) in [5.74, 6) is 1.67. The molecule has 2 rings (SSSR count). The normalized spacial score (nSPS) is 14.3. The smallest absolute Gasteiger partial charge is 0.251 e. The maximum atomic E-state index is 12.2. The van der Waals surface area contributed by atoms with Gasteiger partial charge in [-0.05, 0) is 30.5 Å². The highest BCUT2D eigenvalue weighted by Gasteiger charge is 2.17. The van der Waals surface area contributed by atoms with E-state index in [-0.39, 0.29) is 24.4 Å². The number of hydrogen-bond acceptors (Lipinski definition) is 4. The highest BCUT2D eigenvalue weighted by Crippen LogP contribution is 2.30. The van der Waals surface area contributed by atoms with Gasteiger partial charge in [0.15, 0.2) is 11.5 Å². The highest BCUT2D eigenvalue weighted by molar-refractivity contribution is 5.95. The molecule has 1 unspecified atom stereocenters. The third kappa shape index (κ3) is 4.79. The SMILES string of the molecule is CC(C)CC(CN)NC(=O)c1ccc2c(c1)OCCO2.Cl. The van der Waals surface area contributed by atoms with Crippen molar-refractivity contribution in [3.63, 3.8) is 0 Å². The summed E-state index contributed by atoms with van der Waals surface area (Å²) in [6, 6.07) is 5.22. The van der Waals surface area contributed by atoms with Crippen LogP contribution < -0.4 is 20.5 Å². The molecule has 1 atom stereocenters. The number of amides is 1. The van der Waals surface area contributed by atoms with Crippen molar-refractivity contribution in [2.75, 3.05) is 19.8 Å². The minimum absolute atomic E-state index is 0. The van der Waals surface area contributed by atoms with Gasteiger partial charge in [0.25, 0.3) is 5.91 Å². The van der Waals surface area contributed by atoms with Crippen LogP contribution in [-0.4, -0.2) is 31.7 Å². The van der Waals surface area contributed by atoms with E-state index in [1.54, 1.807) is 18.2 Å². The lowest BCUT2D eigenvalue weighted by molar-refractivity contribution is 0.0932. The zero-order valence-electron chi connectivity index (χ0n) is 12.4. The maximum absolute atomic E-state index is 12.2. The van der Waals surface area contributed by atoms with Crippen LogP contribution in [0, 0.1) is 5.92 Å². The molecule has 1 amide bonds. The molecular weight excluding hydrogens is 292 g/mol. The molecule has 0 saturated heterocycles. The molecule has 0 fully saturated rings. The summed E-state index contributed by atoms with van der Waals surface area (Å²) in [6.07, 6.45) is 0.868. The summed E-state index contributed by atoms with van der Waals surface area (Å²) < 4.78 is 10.9. The Balaban J connectivity index is 0.00000220. The van der Waals surface area contributed by atoms with Crippen molar-refractivity contribution in [2.45, 2.75) is 26.3 Å². The Bertz CT molecular complexity index is 480. The van der Waals surface area contributed by atoms with Gasteiger partial charge in [-0.2, -0.15) is 0 Å². The number of nitrogens with one attached hydrogen (secondary N) is 1. The molecule has 0 spiro atoms. The number of carbonyl (C=O) groups excluding carboxylic acids is 1. The van der Waals surface area contributed by atoms with Crippen LogP contribution in [0.3, 0.4) is 0 Å². The number of halogens is 1. The second kappa shape index (κ2) is 8.10. The molecule has 1 aliphatic heterocycles. The molecule has 0 aromatic heterocycles. The monoisotopic (exact) mass is 314 g/mol. The number of nitrogens with two attached hydrogens (primary N) is 1. The van der Waals surface area contributed by atoms with E-state index in [0.29, 0.717) is 42.7 Å². The summed E-state index contributed by atoms with van der Waals surface area (Å²) in [4.78, 5) is 12.2. The van der Waals surface area contributed by atoms with Crippen molar-refractivity contribution >= 4 is 18.3 Å². The van der Waals surface area contributed by atoms with Crippen molar-refractivity contribution in [2.24, 2.45) is 11.7 Å². The minimum atomic E-state index is -0.127. The molecule has 21 heavy (non-hydrogen) atoms. The number of benzene rings is 1. The first-order chi connectivity index (χ1) is 9.60. The Labute approximate surface area is 131 Å². The third-order valence-electron chi connectivity index (χ3n) is 3.18. The Morgan fingerprint density at radius 1 is 1.29 bits per heavy atom. The summed E-state index contributed by atoms with van der Waals surface area (Å²) in [5, 5.41) is 2.96. The van der Waals surface area contributed by atoms with Gasteiger partial charge >= 0.3 is 0 Å². The van der Waals surface area contributed by atoms with E-state index in [1.807, 2.05) is 0 Å². The van der Waals surface area contributed by atoms with Gasteiger partial charge < -0.3 is 20.5 Å². The molecule has 0 saturated carbocycles. The first-order valence-corrected chi connectivity index (χ1v) is 7.00. The molecule has 1 aliphatic rings. The molecule has 0 bridgehead atoms. The number of hydrogen-bond donors (Lipinski definition) is 2. The van der Waals surface area contributed by atoms with Crippen LogP contribution in [0.4, 0.5) is 0 Å². The Morgan fingerprint density at radius 2 is 1.95 bits per heavy atom. The number of ether oxygens (including phenoxy) is 2. The van der Waals surface area contributed by atoms with Gasteiger partial charge in [-0.1, -0.05) is 13.8 Å². The van der Waals surface area contributed by atoms with Crippen LogP contribution in [-0.2, 0) is 0 Å². The topological polar surface area (TPSA) is 73.6 Å². The van der Waals surface area contributed by atoms with Crippen LogP contribution in [0.5, 0.6) is 11.5 Å². The zero-order chi connectivity index (χ0) is 14.5. The molecule has 118 valence electrons. The van der Waals surface area contributed by atoms with E-state index in [4.69, 9.17) is 15.2 Å². The quantitative estimate of drug-likeness (QED) is 0.871. The average Bonchev–Trinajstić information content (AvgIpc) is 2.45. The van der Waals surface area contributed by atoms with E-state index >= 15 is 0 Å². The van der Waals surface area contributed by atoms with Gasteiger partial charge in [0.05, 0.1) is 0 Å². The van der Waals surface area contributed by atoms with Gasteiger partial charge in [-0.25, -0.2) is 0 Å². The van der Waals surface area contributed by atoms with Crippen molar-refractivity contribution in [1.29, 1.82) is 0 Å². The minimum Gasteiger partial charge on any atom is -0.486 e. The highest BCUT2D eigenvalue weighted by atomic mass is 35.5. The molecule has 0 aliphatic carbocycles. The first kappa shape index (κ1) is 17.6. The van der Waals surface area contributed by atoms with Gasteiger partial charge in [0, 0.05) is 18.2 Å². The Hall–Kier alpha value is -1.46. The van der Waals surface area contributed by atoms with Crippen LogP contribution in [0.25, 0.3) is 0 Å². The Morgan fingerprint density at radius 3 is 2.57 bits per heavy atom. The van der Waals surface area contributed by atoms with E-state index in [1.165, 1.54) is 0 Å². The molecule has 6 heteroatoms. The van der Waals surface area contributed by atoms with E-state index in [0.717, 1.165) is 6.42 Å². The molecule has 1 aromatic rings. The lowest BCUT2D eigenvalue weighted by Gasteiger charge is -2.21. The van der Waals surface area contributed by atoms with Crippen LogP contribution >= 0.6 is 12.4 Å². The molecule has 1 aromatic carbocycles. The van der Waals surface area contributed by atoms with Gasteiger partial charge in [-0.15, -0.1) is 12.4 Å². The second-order valence-electron chi connectivity index (χ2n) is 5.39. The molecule has 3 N–H and O–H groups in total. The molecule has 0 radical (unpaired) electrons. The fourth-order valence-corrected chi connectivity index (χ4v) is 2.24. The van der Waals surface area contributed by atoms with Crippen molar-refractivity contribution in [1.82, 2.24) is 5.32 Å². The third-order valence-corrected chi connectivity index (χ3v) is 3.18. The molecule has 1 heterocycles. The first-order valence-electron chi connectivity index (χ1n) is 7.00. The summed E-state index contributed by atoms with van der Waals surface area (Å²) in [7, 11) is 0. The number of rotatable bonds is 5. The van der Waals surface area contributed by atoms with E-state index < -0.39 is 0 Å². The summed E-state index contributed by atoms with van der Waals surface area (Å²) >= 11 is 0. The van der Waals surface area contributed by atoms with E-state index in [9.17, 15) is 4.79 Å². The maximum Gasteiger partial charge on any atom is 0.251 e. The zero-order valence-corrected chi connectivity index (χ0v) is 13.2. The number of carbonyl (C=O) groups is 1. The summed E-state index contributed by atoms with van der Waals surface area (Å²) in [5.41, 5.74) is 6.27. The van der Waals surface area contributed by atoms with Crippen LogP contribution in [0.2, 0.25) is 0 Å². The molecule has 5 nitrogen and oxygen atoms in total. The van der Waals surface area contributed by atoms with Crippen molar-refractivity contribution in [3.8, 4) is 11.5 Å². The van der Waals surface area contributed by atoms with E-state index in [2.05, 4.69) is 19.2 Å². The lowest BCUT2D eigenvalue weighted by Crippen LogP contribution is -2.41. The van der Waals surface area contributed by atoms with Gasteiger partial charge in [0.2, 0.25) is 0 Å².